The van der Waals surface area contributed by atoms with Gasteiger partial charge in [-0.15, -0.1) is 0 Å². The van der Waals surface area contributed by atoms with E-state index >= 15 is 0 Å². The third-order valence-corrected chi connectivity index (χ3v) is 5.69. The first-order valence-electron chi connectivity index (χ1n) is 8.87. The number of amides is 1. The molecule has 0 radical (unpaired) electrons. The van der Waals surface area contributed by atoms with Crippen molar-refractivity contribution in [2.24, 2.45) is 0 Å². The highest BCUT2D eigenvalue weighted by molar-refractivity contribution is 7.92. The van der Waals surface area contributed by atoms with Gasteiger partial charge in [0.1, 0.15) is 0 Å². The van der Waals surface area contributed by atoms with E-state index in [0.717, 1.165) is 16.7 Å². The zero-order valence-electron chi connectivity index (χ0n) is 15.8. The molecule has 0 unspecified atom stereocenters. The van der Waals surface area contributed by atoms with Gasteiger partial charge in [-0.25, -0.2) is 8.42 Å². The van der Waals surface area contributed by atoms with E-state index in [-0.39, 0.29) is 10.8 Å². The maximum atomic E-state index is 12.7. The monoisotopic (exact) mass is 394 g/mol. The lowest BCUT2D eigenvalue weighted by atomic mass is 10.1. The summed E-state index contributed by atoms with van der Waals surface area (Å²) in [5, 5.41) is 2.83. The fraction of sp³-hybridized carbons (Fsp3) is 0.136. The van der Waals surface area contributed by atoms with Crippen LogP contribution in [0.4, 0.5) is 5.69 Å². The molecule has 3 aromatic carbocycles. The van der Waals surface area contributed by atoms with Crippen molar-refractivity contribution in [3.63, 3.8) is 0 Å². The number of para-hydroxylation sites is 1. The molecular formula is C22H22N2O3S. The van der Waals surface area contributed by atoms with Crippen molar-refractivity contribution in [3.8, 4) is 0 Å². The van der Waals surface area contributed by atoms with Crippen molar-refractivity contribution in [2.75, 3.05) is 4.72 Å². The number of carbonyl (C=O) groups excluding carboxylic acids is 1. The van der Waals surface area contributed by atoms with E-state index in [1.807, 2.05) is 50.2 Å². The summed E-state index contributed by atoms with van der Waals surface area (Å²) in [7, 11) is -3.79. The Morgan fingerprint density at radius 2 is 1.64 bits per heavy atom. The normalized spacial score (nSPS) is 11.1. The number of aryl methyl sites for hydroxylation is 2. The molecule has 0 fully saturated rings. The average molecular weight is 394 g/mol. The lowest BCUT2D eigenvalue weighted by Crippen LogP contribution is -2.23. The molecule has 0 aliphatic heterocycles. The SMILES string of the molecule is Cc1cccc(CNC(=O)c2cccc(S(=O)(=O)Nc3ccccc3C)c2)c1. The molecule has 0 aliphatic rings. The zero-order valence-corrected chi connectivity index (χ0v) is 16.6. The van der Waals surface area contributed by atoms with Crippen molar-refractivity contribution >= 4 is 21.6 Å². The van der Waals surface area contributed by atoms with Crippen molar-refractivity contribution in [3.05, 3.63) is 95.1 Å². The first-order valence-corrected chi connectivity index (χ1v) is 10.4. The minimum absolute atomic E-state index is 0.0407. The number of rotatable bonds is 6. The van der Waals surface area contributed by atoms with Gasteiger partial charge in [-0.05, 0) is 49.2 Å². The molecule has 0 aromatic heterocycles. The molecule has 5 nitrogen and oxygen atoms in total. The van der Waals surface area contributed by atoms with Crippen LogP contribution in [0, 0.1) is 13.8 Å². The van der Waals surface area contributed by atoms with E-state index in [0.29, 0.717) is 17.8 Å². The fourth-order valence-corrected chi connectivity index (χ4v) is 3.98. The number of carbonyl (C=O) groups is 1. The van der Waals surface area contributed by atoms with Crippen molar-refractivity contribution in [1.29, 1.82) is 0 Å². The highest BCUT2D eigenvalue weighted by atomic mass is 32.2. The summed E-state index contributed by atoms with van der Waals surface area (Å²) in [5.74, 6) is -0.325. The summed E-state index contributed by atoms with van der Waals surface area (Å²) in [4.78, 5) is 12.5. The van der Waals surface area contributed by atoms with Crippen LogP contribution in [0.25, 0.3) is 0 Å². The maximum absolute atomic E-state index is 12.7. The van der Waals surface area contributed by atoms with Gasteiger partial charge in [-0.2, -0.15) is 0 Å². The quantitative estimate of drug-likeness (QED) is 0.663. The summed E-state index contributed by atoms with van der Waals surface area (Å²) in [6, 6.07) is 21.0. The predicted molar refractivity (Wildman–Crippen MR) is 111 cm³/mol. The third-order valence-electron chi connectivity index (χ3n) is 4.33. The summed E-state index contributed by atoms with van der Waals surface area (Å²) in [5.41, 5.74) is 3.72. The van der Waals surface area contributed by atoms with Gasteiger partial charge in [0.2, 0.25) is 0 Å². The smallest absolute Gasteiger partial charge is 0.261 e. The minimum atomic E-state index is -3.79. The highest BCUT2D eigenvalue weighted by Gasteiger charge is 2.17. The van der Waals surface area contributed by atoms with Crippen LogP contribution in [0.1, 0.15) is 27.0 Å². The second-order valence-corrected chi connectivity index (χ2v) is 8.30. The summed E-state index contributed by atoms with van der Waals surface area (Å²) >= 11 is 0. The molecular weight excluding hydrogens is 372 g/mol. The lowest BCUT2D eigenvalue weighted by molar-refractivity contribution is 0.0950. The Labute approximate surface area is 165 Å². The van der Waals surface area contributed by atoms with Crippen molar-refractivity contribution in [2.45, 2.75) is 25.3 Å². The van der Waals surface area contributed by atoms with Gasteiger partial charge in [0.05, 0.1) is 10.6 Å². The average Bonchev–Trinajstić information content (AvgIpc) is 2.68. The Hall–Kier alpha value is -3.12. The standard InChI is InChI=1S/C22H22N2O3S/c1-16-7-5-9-18(13-16)15-23-22(25)19-10-6-11-20(14-19)28(26,27)24-21-12-4-3-8-17(21)2/h3-14,24H,15H2,1-2H3,(H,23,25). The van der Waals surface area contributed by atoms with Crippen LogP contribution in [0.3, 0.4) is 0 Å². The van der Waals surface area contributed by atoms with Crippen LogP contribution in [-0.4, -0.2) is 14.3 Å². The molecule has 3 aromatic rings. The molecule has 0 spiro atoms. The van der Waals surface area contributed by atoms with E-state index in [1.54, 1.807) is 24.3 Å². The molecule has 0 saturated heterocycles. The highest BCUT2D eigenvalue weighted by Crippen LogP contribution is 2.20. The molecule has 0 bridgehead atoms. The Kier molecular flexibility index (Phi) is 5.80. The summed E-state index contributed by atoms with van der Waals surface area (Å²) in [6.45, 7) is 4.19. The van der Waals surface area contributed by atoms with Gasteiger partial charge in [-0.3, -0.25) is 9.52 Å². The van der Waals surface area contributed by atoms with E-state index in [2.05, 4.69) is 10.0 Å². The van der Waals surface area contributed by atoms with Gasteiger partial charge in [0.15, 0.2) is 0 Å². The Bertz CT molecular complexity index is 1110. The largest absolute Gasteiger partial charge is 0.348 e. The topological polar surface area (TPSA) is 75.3 Å². The van der Waals surface area contributed by atoms with Crippen LogP contribution in [-0.2, 0) is 16.6 Å². The number of nitrogens with one attached hydrogen (secondary N) is 2. The molecule has 0 saturated carbocycles. The number of hydrogen-bond donors (Lipinski definition) is 2. The fourth-order valence-electron chi connectivity index (χ4n) is 2.80. The van der Waals surface area contributed by atoms with Gasteiger partial charge >= 0.3 is 0 Å². The van der Waals surface area contributed by atoms with Crippen molar-refractivity contribution < 1.29 is 13.2 Å². The van der Waals surface area contributed by atoms with Gasteiger partial charge in [0, 0.05) is 12.1 Å². The van der Waals surface area contributed by atoms with Crippen LogP contribution < -0.4 is 10.0 Å². The number of hydrogen-bond acceptors (Lipinski definition) is 3. The third kappa shape index (κ3) is 4.78. The molecule has 144 valence electrons. The first kappa shape index (κ1) is 19.6. The summed E-state index contributed by atoms with van der Waals surface area (Å²) < 4.78 is 28.0. The molecule has 3 rings (SSSR count). The molecule has 1 amide bonds. The second-order valence-electron chi connectivity index (χ2n) is 6.62. The van der Waals surface area contributed by atoms with Gasteiger partial charge in [0.25, 0.3) is 15.9 Å². The molecule has 2 N–H and O–H groups in total. The van der Waals surface area contributed by atoms with E-state index in [1.165, 1.54) is 12.1 Å². The van der Waals surface area contributed by atoms with Gasteiger partial charge in [-0.1, -0.05) is 54.1 Å². The molecule has 28 heavy (non-hydrogen) atoms. The second kappa shape index (κ2) is 8.27. The van der Waals surface area contributed by atoms with Crippen molar-refractivity contribution in [1.82, 2.24) is 5.32 Å². The maximum Gasteiger partial charge on any atom is 0.261 e. The minimum Gasteiger partial charge on any atom is -0.348 e. The Balaban J connectivity index is 1.75. The number of sulfonamides is 1. The number of benzene rings is 3. The van der Waals surface area contributed by atoms with E-state index < -0.39 is 10.0 Å². The lowest BCUT2D eigenvalue weighted by Gasteiger charge is -2.11. The van der Waals surface area contributed by atoms with Crippen LogP contribution >= 0.6 is 0 Å². The van der Waals surface area contributed by atoms with Crippen LogP contribution in [0.15, 0.2) is 77.7 Å². The van der Waals surface area contributed by atoms with Crippen LogP contribution in [0.2, 0.25) is 0 Å². The van der Waals surface area contributed by atoms with E-state index in [4.69, 9.17) is 0 Å². The Morgan fingerprint density at radius 3 is 2.39 bits per heavy atom. The molecule has 6 heteroatoms. The predicted octanol–water partition coefficient (Wildman–Crippen LogP) is 4.03. The molecule has 0 aliphatic carbocycles. The first-order chi connectivity index (χ1) is 13.3. The summed E-state index contributed by atoms with van der Waals surface area (Å²) in [6.07, 6.45) is 0. The van der Waals surface area contributed by atoms with Crippen LogP contribution in [0.5, 0.6) is 0 Å². The zero-order chi connectivity index (χ0) is 20.1. The van der Waals surface area contributed by atoms with E-state index in [9.17, 15) is 13.2 Å². The Morgan fingerprint density at radius 1 is 0.893 bits per heavy atom. The molecule has 0 atom stereocenters. The number of anilines is 1. The van der Waals surface area contributed by atoms with Gasteiger partial charge < -0.3 is 5.32 Å². The molecule has 0 heterocycles.